The van der Waals surface area contributed by atoms with Crippen LogP contribution in [-0.2, 0) is 0 Å². The van der Waals surface area contributed by atoms with Crippen molar-refractivity contribution in [2.24, 2.45) is 0 Å². The summed E-state index contributed by atoms with van der Waals surface area (Å²) in [5.41, 5.74) is 1.26. The number of rotatable bonds is 3. The van der Waals surface area contributed by atoms with Crippen molar-refractivity contribution in [3.8, 4) is 0 Å². The fraction of sp³-hybridized carbons (Fsp3) is 0.286. The predicted molar refractivity (Wildman–Crippen MR) is 77.6 cm³/mol. The zero-order valence-corrected chi connectivity index (χ0v) is 11.7. The van der Waals surface area contributed by atoms with E-state index in [2.05, 4.69) is 25.5 Å². The van der Waals surface area contributed by atoms with Gasteiger partial charge in [-0.2, -0.15) is 4.52 Å². The van der Waals surface area contributed by atoms with Gasteiger partial charge >= 0.3 is 0 Å². The van der Waals surface area contributed by atoms with Crippen LogP contribution >= 0.6 is 0 Å². The molecule has 0 spiro atoms. The summed E-state index contributed by atoms with van der Waals surface area (Å²) >= 11 is 0. The first-order valence-corrected chi connectivity index (χ1v) is 7.05. The van der Waals surface area contributed by atoms with Crippen LogP contribution in [0.1, 0.15) is 16.8 Å². The molecule has 4 rings (SSSR count). The second kappa shape index (κ2) is 5.14. The molecule has 8 nitrogen and oxygen atoms in total. The van der Waals surface area contributed by atoms with Gasteiger partial charge in [0.1, 0.15) is 18.4 Å². The summed E-state index contributed by atoms with van der Waals surface area (Å²) < 4.78 is 6.57. The van der Waals surface area contributed by atoms with Crippen molar-refractivity contribution in [3.05, 3.63) is 42.6 Å². The molecule has 0 radical (unpaired) electrons. The second-order valence-corrected chi connectivity index (χ2v) is 5.24. The number of furan rings is 1. The maximum absolute atomic E-state index is 12.0. The van der Waals surface area contributed by atoms with Gasteiger partial charge in [0.15, 0.2) is 5.65 Å². The quantitative estimate of drug-likeness (QED) is 0.766. The van der Waals surface area contributed by atoms with E-state index in [9.17, 15) is 4.79 Å². The number of hydrogen-bond donors (Lipinski definition) is 1. The smallest absolute Gasteiger partial charge is 0.254 e. The zero-order valence-electron chi connectivity index (χ0n) is 11.7. The minimum absolute atomic E-state index is 0.0980. The Balaban J connectivity index is 1.44. The monoisotopic (exact) mass is 298 g/mol. The third-order valence-corrected chi connectivity index (χ3v) is 3.78. The molecule has 0 saturated carbocycles. The zero-order chi connectivity index (χ0) is 14.9. The number of carbonyl (C=O) groups excluding carboxylic acids is 1. The Kier molecular flexibility index (Phi) is 2.99. The number of carbonyl (C=O) groups is 1. The Hall–Kier alpha value is -2.90. The number of amides is 1. The summed E-state index contributed by atoms with van der Waals surface area (Å²) in [6.07, 6.45) is 5.40. The fourth-order valence-corrected chi connectivity index (χ4v) is 2.64. The third kappa shape index (κ3) is 2.28. The number of nitrogens with one attached hydrogen (secondary N) is 1. The van der Waals surface area contributed by atoms with Gasteiger partial charge in [0.2, 0.25) is 0 Å². The fourth-order valence-electron chi connectivity index (χ4n) is 2.64. The van der Waals surface area contributed by atoms with E-state index < -0.39 is 0 Å². The molecule has 3 aromatic heterocycles. The number of fused-ring (bicyclic) bond motifs is 1. The van der Waals surface area contributed by atoms with Gasteiger partial charge < -0.3 is 14.6 Å². The number of nitrogens with zero attached hydrogens (tertiary/aromatic N) is 5. The average molecular weight is 298 g/mol. The molecule has 1 atom stereocenters. The van der Waals surface area contributed by atoms with Crippen LogP contribution in [0.5, 0.6) is 0 Å². The lowest BCUT2D eigenvalue weighted by atomic mass is 10.2. The summed E-state index contributed by atoms with van der Waals surface area (Å²) in [5, 5.41) is 15.2. The summed E-state index contributed by atoms with van der Waals surface area (Å²) in [5.74, 6) is 0.746. The minimum Gasteiger partial charge on any atom is -0.472 e. The van der Waals surface area contributed by atoms with Crippen molar-refractivity contribution < 1.29 is 9.21 Å². The Morgan fingerprint density at radius 1 is 1.36 bits per heavy atom. The Morgan fingerprint density at radius 3 is 3.18 bits per heavy atom. The van der Waals surface area contributed by atoms with Gasteiger partial charge in [-0.25, -0.2) is 0 Å². The second-order valence-electron chi connectivity index (χ2n) is 5.24. The summed E-state index contributed by atoms with van der Waals surface area (Å²) in [4.78, 5) is 14.2. The lowest BCUT2D eigenvalue weighted by molar-refractivity contribution is 0.0940. The van der Waals surface area contributed by atoms with E-state index in [1.165, 1.54) is 12.5 Å². The van der Waals surface area contributed by atoms with Crippen LogP contribution in [0.25, 0.3) is 5.65 Å². The van der Waals surface area contributed by atoms with Gasteiger partial charge in [-0.3, -0.25) is 4.79 Å². The molecule has 1 amide bonds. The van der Waals surface area contributed by atoms with Gasteiger partial charge in [0, 0.05) is 19.1 Å². The summed E-state index contributed by atoms with van der Waals surface area (Å²) in [7, 11) is 0. The number of hydrogen-bond acceptors (Lipinski definition) is 6. The van der Waals surface area contributed by atoms with Crippen molar-refractivity contribution in [1.82, 2.24) is 25.1 Å². The van der Waals surface area contributed by atoms with E-state index in [0.29, 0.717) is 11.2 Å². The van der Waals surface area contributed by atoms with Crippen LogP contribution in [-0.4, -0.2) is 44.8 Å². The third-order valence-electron chi connectivity index (χ3n) is 3.78. The molecule has 0 bridgehead atoms. The van der Waals surface area contributed by atoms with E-state index in [1.54, 1.807) is 16.9 Å². The standard InChI is InChI=1S/C14H14N6O2/c21-14(10-4-6-22-8-10)16-11-3-5-19(7-11)13-2-1-12-17-15-9-20(12)18-13/h1-2,4,6,8-9,11H,3,5,7H2,(H,16,21). The van der Waals surface area contributed by atoms with E-state index in [-0.39, 0.29) is 11.9 Å². The number of aromatic nitrogens is 4. The van der Waals surface area contributed by atoms with Crippen molar-refractivity contribution in [2.45, 2.75) is 12.5 Å². The molecule has 1 aliphatic rings. The molecule has 4 heterocycles. The first kappa shape index (κ1) is 12.8. The molecule has 0 aliphatic carbocycles. The van der Waals surface area contributed by atoms with Crippen molar-refractivity contribution in [2.75, 3.05) is 18.0 Å². The van der Waals surface area contributed by atoms with E-state index in [0.717, 1.165) is 25.3 Å². The lowest BCUT2D eigenvalue weighted by Crippen LogP contribution is -2.37. The van der Waals surface area contributed by atoms with Gasteiger partial charge in [-0.05, 0) is 24.6 Å². The minimum atomic E-state index is -0.108. The molecule has 1 saturated heterocycles. The molecule has 112 valence electrons. The van der Waals surface area contributed by atoms with Crippen LogP contribution in [0.4, 0.5) is 5.82 Å². The first-order valence-electron chi connectivity index (χ1n) is 7.05. The van der Waals surface area contributed by atoms with E-state index >= 15 is 0 Å². The highest BCUT2D eigenvalue weighted by atomic mass is 16.3. The lowest BCUT2D eigenvalue weighted by Gasteiger charge is -2.17. The highest BCUT2D eigenvalue weighted by molar-refractivity contribution is 5.94. The Morgan fingerprint density at radius 2 is 2.32 bits per heavy atom. The molecule has 8 heteroatoms. The van der Waals surface area contributed by atoms with E-state index in [1.807, 2.05) is 12.1 Å². The number of anilines is 1. The van der Waals surface area contributed by atoms with Crippen molar-refractivity contribution in [3.63, 3.8) is 0 Å². The summed E-state index contributed by atoms with van der Waals surface area (Å²) in [6, 6.07) is 5.56. The molecule has 3 aromatic rings. The van der Waals surface area contributed by atoms with Crippen LogP contribution in [0.2, 0.25) is 0 Å². The normalized spacial score (nSPS) is 18.0. The predicted octanol–water partition coefficient (Wildman–Crippen LogP) is 0.726. The van der Waals surface area contributed by atoms with Gasteiger partial charge in [0.25, 0.3) is 5.91 Å². The van der Waals surface area contributed by atoms with E-state index in [4.69, 9.17) is 4.42 Å². The van der Waals surface area contributed by atoms with Crippen LogP contribution in [0.3, 0.4) is 0 Å². The van der Waals surface area contributed by atoms with Gasteiger partial charge in [-0.1, -0.05) is 0 Å². The topological polar surface area (TPSA) is 88.6 Å². The van der Waals surface area contributed by atoms with Gasteiger partial charge in [-0.15, -0.1) is 15.3 Å². The SMILES string of the molecule is O=C(NC1CCN(c2ccc3nncn3n2)C1)c1ccoc1. The molecule has 0 aromatic carbocycles. The molecule has 22 heavy (non-hydrogen) atoms. The molecule has 1 aliphatic heterocycles. The van der Waals surface area contributed by atoms with Crippen LogP contribution < -0.4 is 10.2 Å². The van der Waals surface area contributed by atoms with Crippen LogP contribution in [0.15, 0.2) is 41.5 Å². The van der Waals surface area contributed by atoms with Crippen molar-refractivity contribution in [1.29, 1.82) is 0 Å². The molecule has 1 unspecified atom stereocenters. The first-order chi connectivity index (χ1) is 10.8. The highest BCUT2D eigenvalue weighted by Gasteiger charge is 2.25. The van der Waals surface area contributed by atoms with Crippen LogP contribution in [0, 0.1) is 0 Å². The molecular formula is C14H14N6O2. The largest absolute Gasteiger partial charge is 0.472 e. The maximum Gasteiger partial charge on any atom is 0.254 e. The van der Waals surface area contributed by atoms with Crippen molar-refractivity contribution >= 4 is 17.4 Å². The highest BCUT2D eigenvalue weighted by Crippen LogP contribution is 2.18. The summed E-state index contributed by atoms with van der Waals surface area (Å²) in [6.45, 7) is 1.57. The maximum atomic E-state index is 12.0. The Bertz CT molecular complexity index is 797. The molecular weight excluding hydrogens is 284 g/mol. The molecule has 1 N–H and O–H groups in total. The Labute approximate surface area is 125 Å². The average Bonchev–Trinajstić information content (AvgIpc) is 3.27. The molecule has 1 fully saturated rings. The van der Waals surface area contributed by atoms with Gasteiger partial charge in [0.05, 0.1) is 11.8 Å².